The second-order valence-corrected chi connectivity index (χ2v) is 6.03. The van der Waals surface area contributed by atoms with E-state index >= 15 is 0 Å². The Morgan fingerprint density at radius 3 is 2.53 bits per heavy atom. The van der Waals surface area contributed by atoms with E-state index < -0.39 is 0 Å². The molecule has 0 amide bonds. The molecule has 2 nitrogen and oxygen atoms in total. The second kappa shape index (κ2) is 6.99. The Kier molecular flexibility index (Phi) is 5.59. The summed E-state index contributed by atoms with van der Waals surface area (Å²) in [6.07, 6.45) is 2.16. The molecule has 1 saturated heterocycles. The van der Waals surface area contributed by atoms with Crippen LogP contribution in [-0.2, 0) is 9.47 Å². The summed E-state index contributed by atoms with van der Waals surface area (Å²) in [6.45, 7) is 4.13. The molecule has 19 heavy (non-hydrogen) atoms. The number of rotatable bonds is 4. The Balaban J connectivity index is 2.05. The molecule has 1 aromatic carbocycles. The molecule has 1 fully saturated rings. The third-order valence-electron chi connectivity index (χ3n) is 3.40. The largest absolute Gasteiger partial charge is 0.375 e. The van der Waals surface area contributed by atoms with Gasteiger partial charge in [-0.25, -0.2) is 4.39 Å². The van der Waals surface area contributed by atoms with E-state index in [1.54, 1.807) is 6.07 Å². The summed E-state index contributed by atoms with van der Waals surface area (Å²) in [7, 11) is 0. The lowest BCUT2D eigenvalue weighted by atomic mass is 10.0. The van der Waals surface area contributed by atoms with Crippen molar-refractivity contribution in [3.63, 3.8) is 0 Å². The van der Waals surface area contributed by atoms with E-state index in [9.17, 15) is 4.39 Å². The van der Waals surface area contributed by atoms with Gasteiger partial charge in [0.25, 0.3) is 0 Å². The van der Waals surface area contributed by atoms with Crippen LogP contribution in [0.1, 0.15) is 38.4 Å². The zero-order valence-corrected chi connectivity index (χ0v) is 13.5. The van der Waals surface area contributed by atoms with Crippen LogP contribution in [0.15, 0.2) is 24.3 Å². The minimum absolute atomic E-state index is 0.151. The summed E-state index contributed by atoms with van der Waals surface area (Å²) in [5.74, 6) is -0.183. The molecule has 1 aliphatic heterocycles. The first-order valence-corrected chi connectivity index (χ1v) is 8.24. The minimum Gasteiger partial charge on any atom is -0.375 e. The lowest BCUT2D eigenvalue weighted by Crippen LogP contribution is -2.35. The minimum atomic E-state index is -0.183. The van der Waals surface area contributed by atoms with Crippen molar-refractivity contribution in [2.45, 2.75) is 51.1 Å². The normalized spacial score (nSPS) is 29.2. The van der Waals surface area contributed by atoms with Gasteiger partial charge in [0.05, 0.1) is 24.4 Å². The Morgan fingerprint density at radius 1 is 1.32 bits per heavy atom. The van der Waals surface area contributed by atoms with Crippen LogP contribution >= 0.6 is 22.6 Å². The number of ether oxygens (including phenoxy) is 2. The highest BCUT2D eigenvalue weighted by Crippen LogP contribution is 2.29. The third-order valence-corrected chi connectivity index (χ3v) is 4.20. The molecular formula is C15H20FIO2. The summed E-state index contributed by atoms with van der Waals surface area (Å²) in [6, 6.07) is 6.87. The van der Waals surface area contributed by atoms with Gasteiger partial charge in [-0.05, 0) is 32.8 Å². The van der Waals surface area contributed by atoms with Crippen LogP contribution in [-0.4, -0.2) is 22.7 Å². The van der Waals surface area contributed by atoms with E-state index in [1.165, 1.54) is 6.07 Å². The molecule has 4 heteroatoms. The van der Waals surface area contributed by atoms with Crippen molar-refractivity contribution in [2.75, 3.05) is 4.43 Å². The van der Waals surface area contributed by atoms with Crippen molar-refractivity contribution in [1.82, 2.24) is 0 Å². The van der Waals surface area contributed by atoms with Crippen molar-refractivity contribution in [3.05, 3.63) is 35.6 Å². The molecule has 0 N–H and O–H groups in total. The zero-order valence-electron chi connectivity index (χ0n) is 11.3. The fourth-order valence-corrected chi connectivity index (χ4v) is 3.30. The molecule has 0 radical (unpaired) electrons. The molecule has 0 aliphatic carbocycles. The Labute approximate surface area is 127 Å². The maximum atomic E-state index is 13.8. The first-order chi connectivity index (χ1) is 9.10. The van der Waals surface area contributed by atoms with Crippen LogP contribution in [0.3, 0.4) is 0 Å². The van der Waals surface area contributed by atoms with Crippen molar-refractivity contribution < 1.29 is 13.9 Å². The molecule has 0 bridgehead atoms. The first-order valence-electron chi connectivity index (χ1n) is 6.71. The summed E-state index contributed by atoms with van der Waals surface area (Å²) >= 11 is 2.25. The van der Waals surface area contributed by atoms with Crippen LogP contribution in [0.4, 0.5) is 4.39 Å². The molecule has 0 spiro atoms. The molecule has 106 valence electrons. The van der Waals surface area contributed by atoms with Gasteiger partial charge in [0.2, 0.25) is 0 Å². The van der Waals surface area contributed by atoms with Crippen LogP contribution in [0.25, 0.3) is 0 Å². The van der Waals surface area contributed by atoms with Crippen LogP contribution < -0.4 is 0 Å². The van der Waals surface area contributed by atoms with Crippen molar-refractivity contribution >= 4 is 22.6 Å². The van der Waals surface area contributed by atoms with Gasteiger partial charge in [-0.2, -0.15) is 0 Å². The highest BCUT2D eigenvalue weighted by atomic mass is 127. The van der Waals surface area contributed by atoms with Gasteiger partial charge in [-0.1, -0.05) is 40.8 Å². The van der Waals surface area contributed by atoms with Gasteiger partial charge >= 0.3 is 0 Å². The molecule has 3 unspecified atom stereocenters. The SMILES string of the molecule is CC1CC(OC(CI)c2ccccc2F)CC(C)O1. The van der Waals surface area contributed by atoms with Gasteiger partial charge in [0.1, 0.15) is 5.82 Å². The molecule has 1 aliphatic rings. The maximum absolute atomic E-state index is 13.8. The average molecular weight is 378 g/mol. The van der Waals surface area contributed by atoms with E-state index in [4.69, 9.17) is 9.47 Å². The standard InChI is InChI=1S/C15H20FIO2/c1-10-7-12(8-11(2)18-10)19-15(9-17)13-5-3-4-6-14(13)16/h3-6,10-12,15H,7-9H2,1-2H3. The highest BCUT2D eigenvalue weighted by molar-refractivity contribution is 14.1. The molecule has 1 aromatic rings. The Morgan fingerprint density at radius 2 is 1.95 bits per heavy atom. The number of hydrogen-bond donors (Lipinski definition) is 0. The van der Waals surface area contributed by atoms with Crippen molar-refractivity contribution in [1.29, 1.82) is 0 Å². The van der Waals surface area contributed by atoms with E-state index in [1.807, 2.05) is 12.1 Å². The number of alkyl halides is 1. The van der Waals surface area contributed by atoms with E-state index in [2.05, 4.69) is 36.4 Å². The number of benzene rings is 1. The lowest BCUT2D eigenvalue weighted by Gasteiger charge is -2.34. The third kappa shape index (κ3) is 4.13. The summed E-state index contributed by atoms with van der Waals surface area (Å²) in [4.78, 5) is 0. The predicted molar refractivity (Wildman–Crippen MR) is 82.1 cm³/mol. The monoisotopic (exact) mass is 378 g/mol. The van der Waals surface area contributed by atoms with Crippen LogP contribution in [0.5, 0.6) is 0 Å². The smallest absolute Gasteiger partial charge is 0.129 e. The van der Waals surface area contributed by atoms with Gasteiger partial charge in [-0.15, -0.1) is 0 Å². The molecule has 3 atom stereocenters. The van der Waals surface area contributed by atoms with E-state index in [0.29, 0.717) is 5.56 Å². The second-order valence-electron chi connectivity index (χ2n) is 5.15. The molecule has 0 aromatic heterocycles. The molecule has 2 rings (SSSR count). The van der Waals surface area contributed by atoms with Gasteiger partial charge in [-0.3, -0.25) is 0 Å². The van der Waals surface area contributed by atoms with Crippen molar-refractivity contribution in [3.8, 4) is 0 Å². The Bertz CT molecular complexity index is 403. The first kappa shape index (κ1) is 15.2. The van der Waals surface area contributed by atoms with Gasteiger partial charge < -0.3 is 9.47 Å². The lowest BCUT2D eigenvalue weighted by molar-refractivity contribution is -0.118. The molecular weight excluding hydrogens is 358 g/mol. The van der Waals surface area contributed by atoms with Crippen LogP contribution in [0, 0.1) is 5.82 Å². The topological polar surface area (TPSA) is 18.5 Å². The van der Waals surface area contributed by atoms with Gasteiger partial charge in [0.15, 0.2) is 0 Å². The van der Waals surface area contributed by atoms with Gasteiger partial charge in [0, 0.05) is 9.99 Å². The fraction of sp³-hybridized carbons (Fsp3) is 0.600. The van der Waals surface area contributed by atoms with E-state index in [-0.39, 0.29) is 30.2 Å². The number of hydrogen-bond acceptors (Lipinski definition) is 2. The summed E-state index contributed by atoms with van der Waals surface area (Å²) in [5.41, 5.74) is 0.656. The molecule has 0 saturated carbocycles. The quantitative estimate of drug-likeness (QED) is 0.576. The summed E-state index contributed by atoms with van der Waals surface area (Å²) in [5, 5.41) is 0. The molecule has 1 heterocycles. The predicted octanol–water partition coefficient (Wildman–Crippen LogP) is 4.27. The zero-order chi connectivity index (χ0) is 13.8. The van der Waals surface area contributed by atoms with E-state index in [0.717, 1.165) is 17.3 Å². The van der Waals surface area contributed by atoms with Crippen molar-refractivity contribution in [2.24, 2.45) is 0 Å². The summed E-state index contributed by atoms with van der Waals surface area (Å²) < 4.78 is 26.4. The number of halogens is 2. The van der Waals surface area contributed by atoms with Crippen LogP contribution in [0.2, 0.25) is 0 Å². The fourth-order valence-electron chi connectivity index (χ4n) is 2.62. The highest BCUT2D eigenvalue weighted by Gasteiger charge is 2.28. The average Bonchev–Trinajstić information content (AvgIpc) is 2.36. The maximum Gasteiger partial charge on any atom is 0.129 e. The Hall–Kier alpha value is -0.200.